The molecule has 1 amide bonds. The van der Waals surface area contributed by atoms with Gasteiger partial charge in [0.2, 0.25) is 5.91 Å². The van der Waals surface area contributed by atoms with Gasteiger partial charge in [-0.3, -0.25) is 4.79 Å². The van der Waals surface area contributed by atoms with E-state index in [1.165, 1.54) is 36.4 Å². The Morgan fingerprint density at radius 2 is 1.87 bits per heavy atom. The molecule has 2 heterocycles. The van der Waals surface area contributed by atoms with E-state index in [0.29, 0.717) is 4.68 Å². The Morgan fingerprint density at radius 3 is 2.55 bits per heavy atom. The second-order valence-corrected chi connectivity index (χ2v) is 6.81. The van der Waals surface area contributed by atoms with E-state index in [2.05, 4.69) is 10.3 Å². The summed E-state index contributed by atoms with van der Waals surface area (Å²) in [7, 11) is 0. The molecule has 0 fully saturated rings. The van der Waals surface area contributed by atoms with Crippen LogP contribution in [0.3, 0.4) is 0 Å². The number of aromatic nitrogens is 3. The minimum atomic E-state index is -4.85. The summed E-state index contributed by atoms with van der Waals surface area (Å²) >= 11 is 5.99. The lowest BCUT2D eigenvalue weighted by Crippen LogP contribution is -2.16. The van der Waals surface area contributed by atoms with Gasteiger partial charge in [0, 0.05) is 11.6 Å². The Hall–Kier alpha value is -3.66. The maximum atomic E-state index is 14.1. The van der Waals surface area contributed by atoms with Crippen LogP contribution in [0.15, 0.2) is 59.3 Å². The lowest BCUT2D eigenvalue weighted by molar-refractivity contribution is -0.142. The zero-order valence-electron chi connectivity index (χ0n) is 15.3. The number of nitrogens with two attached hydrogens (primary N) is 1. The molecule has 6 nitrogen and oxygen atoms in total. The van der Waals surface area contributed by atoms with Gasteiger partial charge in [-0.25, -0.2) is 9.07 Å². The van der Waals surface area contributed by atoms with E-state index in [4.69, 9.17) is 21.9 Å². The summed E-state index contributed by atoms with van der Waals surface area (Å²) in [5.41, 5.74) is 3.41. The molecule has 158 valence electrons. The van der Waals surface area contributed by atoms with Crippen molar-refractivity contribution in [2.24, 2.45) is 5.73 Å². The van der Waals surface area contributed by atoms with Crippen molar-refractivity contribution in [3.8, 4) is 28.3 Å². The van der Waals surface area contributed by atoms with Crippen molar-refractivity contribution in [3.05, 3.63) is 76.8 Å². The first-order valence-corrected chi connectivity index (χ1v) is 9.01. The number of nitrogens with zero attached hydrogens (tertiary/aromatic N) is 3. The molecule has 0 unspecified atom stereocenters. The van der Waals surface area contributed by atoms with Crippen LogP contribution in [-0.2, 0) is 6.18 Å². The summed E-state index contributed by atoms with van der Waals surface area (Å²) < 4.78 is 61.6. The first-order chi connectivity index (χ1) is 14.7. The second-order valence-electron chi connectivity index (χ2n) is 6.40. The molecular formula is C20H11ClF4N4O2. The van der Waals surface area contributed by atoms with Gasteiger partial charge in [-0.2, -0.15) is 18.3 Å². The zero-order valence-corrected chi connectivity index (χ0v) is 16.1. The van der Waals surface area contributed by atoms with Crippen LogP contribution in [0.25, 0.3) is 28.3 Å². The van der Waals surface area contributed by atoms with E-state index < -0.39 is 29.2 Å². The van der Waals surface area contributed by atoms with Gasteiger partial charge in [-0.05, 0) is 30.3 Å². The Bertz CT molecular complexity index is 1280. The van der Waals surface area contributed by atoms with Crippen molar-refractivity contribution in [2.45, 2.75) is 6.18 Å². The van der Waals surface area contributed by atoms with Crippen LogP contribution in [0.1, 0.15) is 16.1 Å². The number of carbonyl (C=O) groups is 1. The molecule has 0 atom stereocenters. The molecule has 0 spiro atoms. The highest BCUT2D eigenvalue weighted by Crippen LogP contribution is 2.40. The number of hydrogen-bond acceptors (Lipinski definition) is 4. The molecule has 11 heteroatoms. The molecule has 0 bridgehead atoms. The number of hydrogen-bond donors (Lipinski definition) is 1. The van der Waals surface area contributed by atoms with Crippen LogP contribution >= 0.6 is 11.6 Å². The Morgan fingerprint density at radius 1 is 1.13 bits per heavy atom. The van der Waals surface area contributed by atoms with Crippen molar-refractivity contribution in [2.75, 3.05) is 0 Å². The average molecular weight is 451 g/mol. The van der Waals surface area contributed by atoms with E-state index in [0.717, 1.165) is 18.3 Å². The first-order valence-electron chi connectivity index (χ1n) is 8.63. The van der Waals surface area contributed by atoms with Crippen LogP contribution < -0.4 is 5.73 Å². The molecule has 0 aliphatic rings. The number of carbonyl (C=O) groups excluding carboxylic acids is 1. The molecule has 31 heavy (non-hydrogen) atoms. The van der Waals surface area contributed by atoms with Gasteiger partial charge < -0.3 is 10.3 Å². The molecule has 0 aliphatic carbocycles. The molecule has 0 radical (unpaired) electrons. The molecule has 2 aromatic heterocycles. The largest absolute Gasteiger partial charge is 0.434 e. The number of rotatable bonds is 4. The average Bonchev–Trinajstić information content (AvgIpc) is 3.35. The van der Waals surface area contributed by atoms with E-state index >= 15 is 0 Å². The fraction of sp³-hybridized carbons (Fsp3) is 0.0500. The number of benzene rings is 2. The van der Waals surface area contributed by atoms with Crippen LogP contribution in [0.4, 0.5) is 17.6 Å². The van der Waals surface area contributed by atoms with Crippen molar-refractivity contribution in [1.82, 2.24) is 14.9 Å². The Kier molecular flexibility index (Phi) is 5.02. The molecule has 2 aromatic carbocycles. The van der Waals surface area contributed by atoms with Crippen molar-refractivity contribution >= 4 is 17.5 Å². The quantitative estimate of drug-likeness (QED) is 0.438. The summed E-state index contributed by atoms with van der Waals surface area (Å²) in [6, 6.07) is 10.3. The molecule has 0 saturated carbocycles. The highest BCUT2D eigenvalue weighted by molar-refractivity contribution is 6.33. The summed E-state index contributed by atoms with van der Waals surface area (Å²) in [5.74, 6) is -1.80. The Labute approximate surface area is 176 Å². The molecule has 2 N–H and O–H groups in total. The van der Waals surface area contributed by atoms with Crippen LogP contribution in [0.2, 0.25) is 5.02 Å². The van der Waals surface area contributed by atoms with Crippen LogP contribution in [-0.4, -0.2) is 20.8 Å². The van der Waals surface area contributed by atoms with Gasteiger partial charge >= 0.3 is 6.18 Å². The molecule has 4 aromatic rings. The molecular weight excluding hydrogens is 440 g/mol. The summed E-state index contributed by atoms with van der Waals surface area (Å²) in [5, 5.41) is 7.49. The first kappa shape index (κ1) is 20.6. The number of alkyl halides is 3. The monoisotopic (exact) mass is 450 g/mol. The minimum absolute atomic E-state index is 0.0128. The summed E-state index contributed by atoms with van der Waals surface area (Å²) in [6.45, 7) is 0. The molecule has 0 aliphatic heterocycles. The standard InChI is InChI=1S/C20H11ClF4N4O2/c21-13-5-2-6-14(22)17(13)15-8-16(31-28-15)12-9-27-29(18(12)20(23,24)25)11-4-1-3-10(7-11)19(26)30/h1-9H,(H2,26,30). The highest BCUT2D eigenvalue weighted by atomic mass is 35.5. The summed E-state index contributed by atoms with van der Waals surface area (Å²) in [4.78, 5) is 11.4. The molecule has 0 saturated heterocycles. The minimum Gasteiger partial charge on any atom is -0.366 e. The van der Waals surface area contributed by atoms with Gasteiger partial charge in [0.25, 0.3) is 0 Å². The topological polar surface area (TPSA) is 86.9 Å². The van der Waals surface area contributed by atoms with Crippen molar-refractivity contribution in [1.29, 1.82) is 0 Å². The van der Waals surface area contributed by atoms with Gasteiger partial charge in [0.1, 0.15) is 11.5 Å². The fourth-order valence-corrected chi connectivity index (χ4v) is 3.31. The van der Waals surface area contributed by atoms with E-state index in [1.54, 1.807) is 0 Å². The van der Waals surface area contributed by atoms with E-state index in [-0.39, 0.29) is 33.3 Å². The third-order valence-electron chi connectivity index (χ3n) is 4.41. The zero-order chi connectivity index (χ0) is 22.3. The van der Waals surface area contributed by atoms with Gasteiger partial charge in [-0.1, -0.05) is 28.9 Å². The van der Waals surface area contributed by atoms with E-state index in [9.17, 15) is 22.4 Å². The number of primary amides is 1. The maximum Gasteiger partial charge on any atom is 0.434 e. The van der Waals surface area contributed by atoms with Gasteiger partial charge in [0.05, 0.1) is 28.0 Å². The van der Waals surface area contributed by atoms with Gasteiger partial charge in [0.15, 0.2) is 11.5 Å². The normalized spacial score (nSPS) is 11.6. The lowest BCUT2D eigenvalue weighted by Gasteiger charge is -2.12. The number of halogens is 5. The van der Waals surface area contributed by atoms with Crippen LogP contribution in [0.5, 0.6) is 0 Å². The SMILES string of the molecule is NC(=O)c1cccc(-n2ncc(-c3cc(-c4c(F)cccc4Cl)no3)c2C(F)(F)F)c1. The fourth-order valence-electron chi connectivity index (χ4n) is 3.05. The smallest absolute Gasteiger partial charge is 0.366 e. The number of amides is 1. The predicted molar refractivity (Wildman–Crippen MR) is 103 cm³/mol. The Balaban J connectivity index is 1.86. The van der Waals surface area contributed by atoms with E-state index in [1.807, 2.05) is 0 Å². The highest BCUT2D eigenvalue weighted by Gasteiger charge is 2.40. The van der Waals surface area contributed by atoms with Crippen molar-refractivity contribution < 1.29 is 26.9 Å². The lowest BCUT2D eigenvalue weighted by atomic mass is 10.1. The maximum absolute atomic E-state index is 14.1. The predicted octanol–water partition coefficient (Wildman–Crippen LogP) is 5.10. The summed E-state index contributed by atoms with van der Waals surface area (Å²) in [6.07, 6.45) is -3.91. The second kappa shape index (κ2) is 7.55. The third kappa shape index (κ3) is 3.77. The van der Waals surface area contributed by atoms with Crippen molar-refractivity contribution in [3.63, 3.8) is 0 Å². The molecule has 4 rings (SSSR count). The van der Waals surface area contributed by atoms with Gasteiger partial charge in [-0.15, -0.1) is 0 Å². The van der Waals surface area contributed by atoms with Crippen LogP contribution in [0, 0.1) is 5.82 Å². The third-order valence-corrected chi connectivity index (χ3v) is 4.72.